The number of aromatic nitrogens is 2. The third kappa shape index (κ3) is 4.74. The van der Waals surface area contributed by atoms with E-state index in [9.17, 15) is 9.59 Å². The number of benzene rings is 2. The van der Waals surface area contributed by atoms with Crippen LogP contribution in [-0.4, -0.2) is 28.1 Å². The van der Waals surface area contributed by atoms with Crippen LogP contribution >= 0.6 is 0 Å². The van der Waals surface area contributed by atoms with Crippen LogP contribution in [-0.2, 0) is 4.79 Å². The molecule has 0 fully saturated rings. The van der Waals surface area contributed by atoms with Crippen LogP contribution < -0.4 is 10.6 Å². The quantitative estimate of drug-likeness (QED) is 0.517. The van der Waals surface area contributed by atoms with Gasteiger partial charge in [-0.05, 0) is 30.3 Å². The Kier molecular flexibility index (Phi) is 6.01. The molecule has 0 saturated heterocycles. The molecule has 6 heteroatoms. The molecule has 0 spiro atoms. The maximum atomic E-state index is 12.3. The van der Waals surface area contributed by atoms with Gasteiger partial charge >= 0.3 is 0 Å². The van der Waals surface area contributed by atoms with Crippen LogP contribution in [0.1, 0.15) is 15.9 Å². The molecule has 0 bridgehead atoms. The van der Waals surface area contributed by atoms with E-state index >= 15 is 0 Å². The summed E-state index contributed by atoms with van der Waals surface area (Å²) in [6.45, 7) is 0.117. The van der Waals surface area contributed by atoms with Gasteiger partial charge in [0.25, 0.3) is 5.91 Å². The third-order valence-electron chi connectivity index (χ3n) is 3.83. The van der Waals surface area contributed by atoms with E-state index in [4.69, 9.17) is 6.42 Å². The molecule has 2 aromatic carbocycles. The SMILES string of the molecule is C#CCNC(=O)c1ccccc1NC(=O)/C=C/c1cnn(-c2ccccc2)c1. The molecule has 0 radical (unpaired) electrons. The second kappa shape index (κ2) is 9.01. The van der Waals surface area contributed by atoms with Crippen molar-refractivity contribution in [2.24, 2.45) is 0 Å². The predicted molar refractivity (Wildman–Crippen MR) is 109 cm³/mol. The molecule has 1 heterocycles. The van der Waals surface area contributed by atoms with Crippen molar-refractivity contribution in [3.05, 3.63) is 84.2 Å². The van der Waals surface area contributed by atoms with Crippen molar-refractivity contribution in [3.63, 3.8) is 0 Å². The summed E-state index contributed by atoms with van der Waals surface area (Å²) in [7, 11) is 0. The Morgan fingerprint density at radius 2 is 1.86 bits per heavy atom. The van der Waals surface area contributed by atoms with Gasteiger partial charge in [-0.2, -0.15) is 5.10 Å². The molecular weight excluding hydrogens is 352 g/mol. The number of amides is 2. The largest absolute Gasteiger partial charge is 0.341 e. The molecule has 0 atom stereocenters. The van der Waals surface area contributed by atoms with Gasteiger partial charge in [-0.3, -0.25) is 9.59 Å². The van der Waals surface area contributed by atoms with Crippen molar-refractivity contribution >= 4 is 23.6 Å². The van der Waals surface area contributed by atoms with E-state index in [-0.39, 0.29) is 18.4 Å². The first-order valence-corrected chi connectivity index (χ1v) is 8.57. The Bertz CT molecular complexity index is 1050. The summed E-state index contributed by atoms with van der Waals surface area (Å²) in [5.74, 6) is 1.64. The summed E-state index contributed by atoms with van der Waals surface area (Å²) in [6, 6.07) is 16.4. The zero-order chi connectivity index (χ0) is 19.8. The van der Waals surface area contributed by atoms with Crippen LogP contribution in [0.4, 0.5) is 5.69 Å². The smallest absolute Gasteiger partial charge is 0.254 e. The van der Waals surface area contributed by atoms with Gasteiger partial charge in [-0.25, -0.2) is 4.68 Å². The van der Waals surface area contributed by atoms with Crippen molar-refractivity contribution in [1.82, 2.24) is 15.1 Å². The molecule has 2 amide bonds. The van der Waals surface area contributed by atoms with E-state index < -0.39 is 0 Å². The van der Waals surface area contributed by atoms with Crippen LogP contribution in [0, 0.1) is 12.3 Å². The molecule has 0 aliphatic heterocycles. The molecule has 0 aliphatic carbocycles. The number of para-hydroxylation sites is 2. The van der Waals surface area contributed by atoms with E-state index in [1.54, 1.807) is 41.2 Å². The fourth-order valence-corrected chi connectivity index (χ4v) is 2.51. The molecule has 0 unspecified atom stereocenters. The normalized spacial score (nSPS) is 10.4. The number of rotatable bonds is 6. The lowest BCUT2D eigenvalue weighted by molar-refractivity contribution is -0.111. The Morgan fingerprint density at radius 3 is 2.64 bits per heavy atom. The minimum atomic E-state index is -0.357. The highest BCUT2D eigenvalue weighted by molar-refractivity contribution is 6.07. The number of hydrogen-bond donors (Lipinski definition) is 2. The predicted octanol–water partition coefficient (Wildman–Crippen LogP) is 2.89. The summed E-state index contributed by atoms with van der Waals surface area (Å²) >= 11 is 0. The van der Waals surface area contributed by atoms with Crippen LogP contribution in [0.15, 0.2) is 73.1 Å². The summed E-state index contributed by atoms with van der Waals surface area (Å²) < 4.78 is 1.72. The topological polar surface area (TPSA) is 76.0 Å². The molecule has 0 saturated carbocycles. The fourth-order valence-electron chi connectivity index (χ4n) is 2.51. The summed E-state index contributed by atoms with van der Waals surface area (Å²) in [5, 5.41) is 9.57. The van der Waals surface area contributed by atoms with E-state index in [0.717, 1.165) is 11.3 Å². The molecule has 3 aromatic rings. The standard InChI is InChI=1S/C22H18N4O2/c1-2-14-23-22(28)19-10-6-7-11-20(19)25-21(27)13-12-17-15-24-26(16-17)18-8-4-3-5-9-18/h1,3-13,15-16H,14H2,(H,23,28)(H,25,27)/b13-12+. The van der Waals surface area contributed by atoms with Gasteiger partial charge in [0.05, 0.1) is 29.7 Å². The summed E-state index contributed by atoms with van der Waals surface area (Å²) in [5.41, 5.74) is 2.46. The van der Waals surface area contributed by atoms with Gasteiger partial charge in [0.2, 0.25) is 5.91 Å². The average molecular weight is 370 g/mol. The lowest BCUT2D eigenvalue weighted by Crippen LogP contribution is -2.25. The van der Waals surface area contributed by atoms with Crippen LogP contribution in [0.25, 0.3) is 11.8 Å². The van der Waals surface area contributed by atoms with Crippen LogP contribution in [0.3, 0.4) is 0 Å². The van der Waals surface area contributed by atoms with Crippen molar-refractivity contribution in [3.8, 4) is 18.0 Å². The maximum Gasteiger partial charge on any atom is 0.254 e. The lowest BCUT2D eigenvalue weighted by atomic mass is 10.1. The summed E-state index contributed by atoms with van der Waals surface area (Å²) in [6.07, 6.45) is 11.7. The van der Waals surface area contributed by atoms with Crippen molar-refractivity contribution < 1.29 is 9.59 Å². The van der Waals surface area contributed by atoms with E-state index in [2.05, 4.69) is 21.7 Å². The van der Waals surface area contributed by atoms with Crippen LogP contribution in [0.2, 0.25) is 0 Å². The van der Waals surface area contributed by atoms with Gasteiger partial charge in [0, 0.05) is 17.8 Å². The number of terminal acetylenes is 1. The zero-order valence-electron chi connectivity index (χ0n) is 15.0. The fraction of sp³-hybridized carbons (Fsp3) is 0.0455. The summed E-state index contributed by atoms with van der Waals surface area (Å²) in [4.78, 5) is 24.4. The highest BCUT2D eigenvalue weighted by Crippen LogP contribution is 2.15. The molecule has 0 aliphatic rings. The maximum absolute atomic E-state index is 12.3. The molecule has 28 heavy (non-hydrogen) atoms. The molecule has 3 rings (SSSR count). The molecule has 138 valence electrons. The van der Waals surface area contributed by atoms with Gasteiger partial charge in [-0.1, -0.05) is 36.3 Å². The Balaban J connectivity index is 1.67. The number of nitrogens with zero attached hydrogens (tertiary/aromatic N) is 2. The number of anilines is 1. The monoisotopic (exact) mass is 370 g/mol. The molecule has 2 N–H and O–H groups in total. The number of hydrogen-bond acceptors (Lipinski definition) is 3. The first-order valence-electron chi connectivity index (χ1n) is 8.57. The van der Waals surface area contributed by atoms with Crippen molar-refractivity contribution in [2.45, 2.75) is 0 Å². The second-order valence-corrected chi connectivity index (χ2v) is 5.81. The third-order valence-corrected chi connectivity index (χ3v) is 3.83. The van der Waals surface area contributed by atoms with Crippen molar-refractivity contribution in [2.75, 3.05) is 11.9 Å². The minimum absolute atomic E-state index is 0.117. The van der Waals surface area contributed by atoms with E-state index in [0.29, 0.717) is 11.3 Å². The Morgan fingerprint density at radius 1 is 1.11 bits per heavy atom. The van der Waals surface area contributed by atoms with Gasteiger partial charge in [0.15, 0.2) is 0 Å². The van der Waals surface area contributed by atoms with Crippen molar-refractivity contribution in [1.29, 1.82) is 0 Å². The Labute approximate surface area is 162 Å². The number of carbonyl (C=O) groups is 2. The number of nitrogens with one attached hydrogen (secondary N) is 2. The van der Waals surface area contributed by atoms with Gasteiger partial charge < -0.3 is 10.6 Å². The molecule has 6 nitrogen and oxygen atoms in total. The Hall–Kier alpha value is -4.11. The van der Waals surface area contributed by atoms with E-state index in [1.165, 1.54) is 6.08 Å². The average Bonchev–Trinajstić information content (AvgIpc) is 3.21. The lowest BCUT2D eigenvalue weighted by Gasteiger charge is -2.09. The van der Waals surface area contributed by atoms with Gasteiger partial charge in [-0.15, -0.1) is 6.42 Å². The molecular formula is C22H18N4O2. The first-order chi connectivity index (χ1) is 13.7. The molecule has 1 aromatic heterocycles. The highest BCUT2D eigenvalue weighted by atomic mass is 16.2. The zero-order valence-corrected chi connectivity index (χ0v) is 15.0. The second-order valence-electron chi connectivity index (χ2n) is 5.81. The highest BCUT2D eigenvalue weighted by Gasteiger charge is 2.11. The number of carbonyl (C=O) groups excluding carboxylic acids is 2. The van der Waals surface area contributed by atoms with E-state index in [1.807, 2.05) is 36.5 Å². The first kappa shape index (κ1) is 18.7. The van der Waals surface area contributed by atoms with Crippen LogP contribution in [0.5, 0.6) is 0 Å². The van der Waals surface area contributed by atoms with Gasteiger partial charge in [0.1, 0.15) is 0 Å². The minimum Gasteiger partial charge on any atom is -0.341 e.